The number of rotatable bonds is 35. The van der Waals surface area contributed by atoms with Crippen molar-refractivity contribution in [3.63, 3.8) is 0 Å². The van der Waals surface area contributed by atoms with Crippen molar-refractivity contribution in [2.45, 2.75) is 193 Å². The molecule has 13 nitrogen and oxygen atoms in total. The molecule has 0 fully saturated rings. The summed E-state index contributed by atoms with van der Waals surface area (Å²) in [7, 11) is 1.65. The first-order valence-electron chi connectivity index (χ1n) is 20.8. The van der Waals surface area contributed by atoms with Crippen molar-refractivity contribution >= 4 is 29.6 Å². The lowest BCUT2D eigenvalue weighted by atomic mass is 10.0. The second-order valence-electron chi connectivity index (χ2n) is 14.4. The molecule has 52 heavy (non-hydrogen) atoms. The van der Waals surface area contributed by atoms with E-state index in [1.54, 1.807) is 7.05 Å². The van der Waals surface area contributed by atoms with Crippen LogP contribution in [-0.4, -0.2) is 77.3 Å². The molecule has 0 aliphatic rings. The van der Waals surface area contributed by atoms with Crippen LogP contribution >= 0.6 is 0 Å². The monoisotopic (exact) mass is 737 g/mol. The Hall–Kier alpha value is -3.09. The van der Waals surface area contributed by atoms with E-state index in [9.17, 15) is 14.4 Å². The third kappa shape index (κ3) is 26.7. The van der Waals surface area contributed by atoms with Gasteiger partial charge < -0.3 is 33.6 Å². The number of carbonyl (C=O) groups is 3. The van der Waals surface area contributed by atoms with Crippen LogP contribution in [0.3, 0.4) is 0 Å². The molecule has 0 aliphatic heterocycles. The summed E-state index contributed by atoms with van der Waals surface area (Å²) in [6.45, 7) is 5.35. The zero-order valence-electron chi connectivity index (χ0n) is 33.6. The SMILES string of the molecule is CCCCCCCCCCCCCC(=O)N(CCCC[C@@H](C(=O)N(C)CCN)N(N=C(N)N)C(=O)CCCCCCCCCCCCC)N=C(N)N. The molecule has 0 spiro atoms. The molecule has 0 heterocycles. The second-order valence-corrected chi connectivity index (χ2v) is 14.4. The van der Waals surface area contributed by atoms with Gasteiger partial charge in [-0.1, -0.05) is 142 Å². The van der Waals surface area contributed by atoms with Crippen molar-refractivity contribution in [2.75, 3.05) is 26.7 Å². The van der Waals surface area contributed by atoms with Gasteiger partial charge >= 0.3 is 0 Å². The van der Waals surface area contributed by atoms with E-state index in [2.05, 4.69) is 24.1 Å². The highest BCUT2D eigenvalue weighted by Gasteiger charge is 2.32. The van der Waals surface area contributed by atoms with Gasteiger partial charge in [0.1, 0.15) is 6.04 Å². The molecule has 0 aromatic carbocycles. The van der Waals surface area contributed by atoms with Gasteiger partial charge in [-0.15, -0.1) is 10.2 Å². The summed E-state index contributed by atoms with van der Waals surface area (Å²) in [6.07, 6.45) is 27.9. The predicted octanol–water partition coefficient (Wildman–Crippen LogP) is 6.38. The lowest BCUT2D eigenvalue weighted by molar-refractivity contribution is -0.145. The molecule has 0 bridgehead atoms. The topological polar surface area (TPSA) is 216 Å². The van der Waals surface area contributed by atoms with Crippen molar-refractivity contribution in [1.82, 2.24) is 14.9 Å². The van der Waals surface area contributed by atoms with Gasteiger partial charge in [-0.25, -0.2) is 10.0 Å². The quantitative estimate of drug-likeness (QED) is 0.0212. The van der Waals surface area contributed by atoms with Gasteiger partial charge in [-0.2, -0.15) is 0 Å². The molecular weight excluding hydrogens is 656 g/mol. The van der Waals surface area contributed by atoms with Crippen LogP contribution in [0.4, 0.5) is 0 Å². The summed E-state index contributed by atoms with van der Waals surface area (Å²) in [5.74, 6) is -1.21. The molecule has 3 amide bonds. The summed E-state index contributed by atoms with van der Waals surface area (Å²) < 4.78 is 0. The van der Waals surface area contributed by atoms with Gasteiger partial charge in [0.15, 0.2) is 0 Å². The first kappa shape index (κ1) is 48.9. The summed E-state index contributed by atoms with van der Waals surface area (Å²) in [6, 6.07) is -0.914. The molecule has 0 rings (SSSR count). The molecule has 0 radical (unpaired) electrons. The number of carbonyl (C=O) groups excluding carboxylic acids is 3. The van der Waals surface area contributed by atoms with E-state index in [4.69, 9.17) is 28.7 Å². The van der Waals surface area contributed by atoms with Crippen LogP contribution in [0.1, 0.15) is 187 Å². The lowest BCUT2D eigenvalue weighted by Crippen LogP contribution is -2.50. The molecule has 0 unspecified atom stereocenters. The predicted molar refractivity (Wildman–Crippen MR) is 217 cm³/mol. The maximum absolute atomic E-state index is 13.6. The Balaban J connectivity index is 5.06. The highest BCUT2D eigenvalue weighted by atomic mass is 16.2. The summed E-state index contributed by atoms with van der Waals surface area (Å²) in [5.41, 5.74) is 28.5. The number of likely N-dealkylation sites (N-methyl/N-ethyl adjacent to an activating group) is 1. The number of guanidine groups is 2. The van der Waals surface area contributed by atoms with Crippen molar-refractivity contribution in [2.24, 2.45) is 38.9 Å². The van der Waals surface area contributed by atoms with E-state index >= 15 is 0 Å². The number of hydrogen-bond acceptors (Lipinski definition) is 6. The number of nitrogens with zero attached hydrogens (tertiary/aromatic N) is 5. The standard InChI is InChI=1S/C39H80N10O3/c1-4-6-8-10-12-14-16-18-20-22-24-29-35(50)48(45-38(41)42)32-27-26-28-34(37(52)47(3)33-31-40)49(46-39(43)44)36(51)30-25-23-21-19-17-15-13-11-9-7-5-2/h34H,4-33,40H2,1-3H3,(H4,41,42,45)(H4,43,44,46)/t34-/m0/s1. The van der Waals surface area contributed by atoms with Gasteiger partial charge in [0.05, 0.1) is 0 Å². The van der Waals surface area contributed by atoms with Gasteiger partial charge in [0.2, 0.25) is 29.6 Å². The fraction of sp³-hybridized carbons (Fsp3) is 0.872. The van der Waals surface area contributed by atoms with Gasteiger partial charge in [0, 0.05) is 39.5 Å². The second kappa shape index (κ2) is 33.7. The Morgan fingerprint density at radius 1 is 0.519 bits per heavy atom. The minimum atomic E-state index is -0.914. The first-order valence-corrected chi connectivity index (χ1v) is 20.8. The number of nitrogens with two attached hydrogens (primary N) is 5. The highest BCUT2D eigenvalue weighted by molar-refractivity contribution is 5.88. The molecule has 1 atom stereocenters. The third-order valence-corrected chi connectivity index (χ3v) is 9.51. The molecule has 0 saturated heterocycles. The number of hydrogen-bond donors (Lipinski definition) is 5. The smallest absolute Gasteiger partial charge is 0.247 e. The first-order chi connectivity index (χ1) is 25.1. The molecule has 0 aromatic rings. The maximum atomic E-state index is 13.6. The van der Waals surface area contributed by atoms with E-state index in [0.29, 0.717) is 32.2 Å². The third-order valence-electron chi connectivity index (χ3n) is 9.51. The van der Waals surface area contributed by atoms with E-state index in [-0.39, 0.29) is 55.6 Å². The van der Waals surface area contributed by atoms with Crippen LogP contribution < -0.4 is 28.7 Å². The van der Waals surface area contributed by atoms with E-state index in [1.165, 1.54) is 106 Å². The molecule has 304 valence electrons. The van der Waals surface area contributed by atoms with Crippen LogP contribution in [0.15, 0.2) is 10.2 Å². The number of amides is 3. The van der Waals surface area contributed by atoms with Crippen molar-refractivity contribution < 1.29 is 14.4 Å². The van der Waals surface area contributed by atoms with Crippen LogP contribution in [0.5, 0.6) is 0 Å². The van der Waals surface area contributed by atoms with E-state index in [0.717, 1.165) is 43.5 Å². The normalized spacial score (nSPS) is 11.5. The lowest BCUT2D eigenvalue weighted by Gasteiger charge is -2.30. The summed E-state index contributed by atoms with van der Waals surface area (Å²) >= 11 is 0. The Morgan fingerprint density at radius 2 is 0.923 bits per heavy atom. The van der Waals surface area contributed by atoms with Gasteiger partial charge in [-0.05, 0) is 32.1 Å². The van der Waals surface area contributed by atoms with E-state index < -0.39 is 6.04 Å². The molecule has 13 heteroatoms. The largest absolute Gasteiger partial charge is 0.369 e. The van der Waals surface area contributed by atoms with Crippen LogP contribution in [0.25, 0.3) is 0 Å². The number of hydrazone groups is 2. The summed E-state index contributed by atoms with van der Waals surface area (Å²) in [4.78, 5) is 41.6. The molecule has 0 saturated carbocycles. The van der Waals surface area contributed by atoms with Gasteiger partial charge in [0.25, 0.3) is 0 Å². The molecule has 0 aromatic heterocycles. The fourth-order valence-corrected chi connectivity index (χ4v) is 6.43. The zero-order valence-corrected chi connectivity index (χ0v) is 33.6. The molecule has 10 N–H and O–H groups in total. The van der Waals surface area contributed by atoms with Crippen molar-refractivity contribution in [3.05, 3.63) is 0 Å². The molecule has 0 aliphatic carbocycles. The minimum Gasteiger partial charge on any atom is -0.369 e. The van der Waals surface area contributed by atoms with Crippen LogP contribution in [0.2, 0.25) is 0 Å². The van der Waals surface area contributed by atoms with Crippen molar-refractivity contribution in [1.29, 1.82) is 0 Å². The Kier molecular flexibility index (Phi) is 31.7. The Morgan fingerprint density at radius 3 is 1.33 bits per heavy atom. The van der Waals surface area contributed by atoms with E-state index in [1.807, 2.05) is 0 Å². The Bertz CT molecular complexity index is 970. The zero-order chi connectivity index (χ0) is 38.8. The Labute approximate surface area is 317 Å². The minimum absolute atomic E-state index is 0.135. The van der Waals surface area contributed by atoms with Crippen molar-refractivity contribution in [3.8, 4) is 0 Å². The average molecular weight is 737 g/mol. The fourth-order valence-electron chi connectivity index (χ4n) is 6.43. The average Bonchev–Trinajstić information content (AvgIpc) is 3.11. The van der Waals surface area contributed by atoms with Crippen LogP contribution in [-0.2, 0) is 14.4 Å². The van der Waals surface area contributed by atoms with Gasteiger partial charge in [-0.3, -0.25) is 14.4 Å². The molecular formula is C39H80N10O3. The summed E-state index contributed by atoms with van der Waals surface area (Å²) in [5, 5.41) is 10.7. The number of unbranched alkanes of at least 4 members (excludes halogenated alkanes) is 21. The van der Waals surface area contributed by atoms with Crippen LogP contribution in [0, 0.1) is 0 Å². The maximum Gasteiger partial charge on any atom is 0.247 e. The highest BCUT2D eigenvalue weighted by Crippen LogP contribution is 2.18.